The lowest BCUT2D eigenvalue weighted by Crippen LogP contribution is -2.20. The second kappa shape index (κ2) is 11.8. The number of nitro groups is 1. The van der Waals surface area contributed by atoms with Crippen LogP contribution < -0.4 is 20.2 Å². The molecule has 0 aliphatic rings. The highest BCUT2D eigenvalue weighted by atomic mass is 79.9. The third-order valence-corrected chi connectivity index (χ3v) is 6.95. The highest BCUT2D eigenvalue weighted by Gasteiger charge is 2.15. The summed E-state index contributed by atoms with van der Waals surface area (Å²) in [5.74, 6) is -0.0730. The highest BCUT2D eigenvalue weighted by molar-refractivity contribution is 9.10. The van der Waals surface area contributed by atoms with Crippen LogP contribution in [-0.2, 0) is 4.79 Å². The summed E-state index contributed by atoms with van der Waals surface area (Å²) in [6.07, 6.45) is 1.43. The molecule has 2 amide bonds. The minimum absolute atomic E-state index is 0.0425. The van der Waals surface area contributed by atoms with Crippen LogP contribution in [-0.4, -0.2) is 36.7 Å². The Labute approximate surface area is 229 Å². The molecule has 4 aromatic rings. The van der Waals surface area contributed by atoms with Gasteiger partial charge in [0.05, 0.1) is 27.6 Å². The van der Waals surface area contributed by atoms with Gasteiger partial charge in [-0.05, 0) is 64.8 Å². The molecule has 3 aromatic carbocycles. The third-order valence-electron chi connectivity index (χ3n) is 5.25. The predicted octanol–water partition coefficient (Wildman–Crippen LogP) is 5.67. The minimum atomic E-state index is -0.482. The Morgan fingerprint density at radius 2 is 1.89 bits per heavy atom. The van der Waals surface area contributed by atoms with Crippen LogP contribution in [0.1, 0.15) is 20.8 Å². The second-order valence-electron chi connectivity index (χ2n) is 8.03. The fourth-order valence-corrected chi connectivity index (χ4v) is 4.91. The number of halogens is 1. The molecule has 0 aliphatic heterocycles. The van der Waals surface area contributed by atoms with Gasteiger partial charge in [-0.15, -0.1) is 11.3 Å². The van der Waals surface area contributed by atoms with Gasteiger partial charge in [-0.1, -0.05) is 17.7 Å². The van der Waals surface area contributed by atoms with Crippen LogP contribution in [0, 0.1) is 17.0 Å². The minimum Gasteiger partial charge on any atom is -0.493 e. The number of anilines is 1. The Morgan fingerprint density at radius 3 is 2.61 bits per heavy atom. The molecular formula is C26H21BrN4O6S. The van der Waals surface area contributed by atoms with Crippen LogP contribution in [0.25, 0.3) is 10.1 Å². The number of aryl methyl sites for hydroxylation is 1. The zero-order valence-corrected chi connectivity index (χ0v) is 22.6. The van der Waals surface area contributed by atoms with Gasteiger partial charge in [0.15, 0.2) is 18.1 Å². The number of thiophene rings is 1. The Hall–Kier alpha value is -4.29. The molecule has 38 heavy (non-hydrogen) atoms. The number of carbonyl (C=O) groups excluding carboxylic acids is 2. The zero-order valence-electron chi connectivity index (χ0n) is 20.2. The molecule has 194 valence electrons. The number of amides is 2. The largest absolute Gasteiger partial charge is 0.493 e. The van der Waals surface area contributed by atoms with Crippen molar-refractivity contribution in [1.29, 1.82) is 0 Å². The number of hydrogen-bond donors (Lipinski definition) is 2. The Morgan fingerprint density at radius 1 is 1.13 bits per heavy atom. The SMILES string of the molecule is COc1cc(/C=N\NC(=O)c2cc3cc([N+](=O)[O-])ccc3s2)cc(Br)c1OCC(=O)Nc1ccc(C)cc1. The summed E-state index contributed by atoms with van der Waals surface area (Å²) in [5, 5.41) is 18.3. The summed E-state index contributed by atoms with van der Waals surface area (Å²) in [5.41, 5.74) is 4.76. The number of nitrogens with one attached hydrogen (secondary N) is 2. The van der Waals surface area contributed by atoms with E-state index >= 15 is 0 Å². The van der Waals surface area contributed by atoms with Gasteiger partial charge in [0.25, 0.3) is 17.5 Å². The first kappa shape index (κ1) is 26.8. The summed E-state index contributed by atoms with van der Waals surface area (Å²) in [7, 11) is 1.47. The van der Waals surface area contributed by atoms with Gasteiger partial charge in [-0.2, -0.15) is 5.10 Å². The summed E-state index contributed by atoms with van der Waals surface area (Å²) in [6.45, 7) is 1.73. The lowest BCUT2D eigenvalue weighted by Gasteiger charge is -2.13. The summed E-state index contributed by atoms with van der Waals surface area (Å²) in [4.78, 5) is 35.7. The van der Waals surface area contributed by atoms with E-state index in [1.54, 1.807) is 24.3 Å². The molecule has 0 atom stereocenters. The molecule has 0 bridgehead atoms. The van der Waals surface area contributed by atoms with Crippen molar-refractivity contribution in [3.63, 3.8) is 0 Å². The first-order valence-electron chi connectivity index (χ1n) is 11.1. The maximum absolute atomic E-state index is 12.5. The Kier molecular flexibility index (Phi) is 8.34. The number of carbonyl (C=O) groups is 2. The van der Waals surface area contributed by atoms with Gasteiger partial charge in [-0.3, -0.25) is 19.7 Å². The van der Waals surface area contributed by atoms with Crippen LogP contribution in [0.4, 0.5) is 11.4 Å². The number of nitro benzene ring substituents is 1. The van der Waals surface area contributed by atoms with E-state index in [-0.39, 0.29) is 18.2 Å². The van der Waals surface area contributed by atoms with E-state index in [4.69, 9.17) is 9.47 Å². The van der Waals surface area contributed by atoms with E-state index in [0.717, 1.165) is 10.3 Å². The molecule has 1 heterocycles. The molecule has 2 N–H and O–H groups in total. The van der Waals surface area contributed by atoms with Crippen molar-refractivity contribution in [1.82, 2.24) is 5.43 Å². The van der Waals surface area contributed by atoms with Crippen molar-refractivity contribution in [2.24, 2.45) is 5.10 Å². The molecule has 0 saturated carbocycles. The molecule has 0 radical (unpaired) electrons. The molecule has 0 aliphatic carbocycles. The predicted molar refractivity (Wildman–Crippen MR) is 150 cm³/mol. The third kappa shape index (κ3) is 6.52. The van der Waals surface area contributed by atoms with Gasteiger partial charge < -0.3 is 14.8 Å². The fraction of sp³-hybridized carbons (Fsp3) is 0.115. The van der Waals surface area contributed by atoms with Crippen molar-refractivity contribution in [3.05, 3.63) is 91.3 Å². The maximum atomic E-state index is 12.5. The molecule has 0 saturated heterocycles. The smallest absolute Gasteiger partial charge is 0.281 e. The number of non-ortho nitro benzene ring substituents is 1. The van der Waals surface area contributed by atoms with E-state index in [9.17, 15) is 19.7 Å². The molecular weight excluding hydrogens is 576 g/mol. The highest BCUT2D eigenvalue weighted by Crippen LogP contribution is 2.36. The standard InChI is InChI=1S/C26H21BrN4O6S/c1-15-3-5-18(6-4-15)29-24(32)14-37-25-20(27)9-16(10-21(25)36-2)13-28-30-26(33)23-12-17-11-19(31(34)35)7-8-22(17)38-23/h3-13H,14H2,1-2H3,(H,29,32)(H,30,33)/b28-13-. The van der Waals surface area contributed by atoms with Crippen LogP contribution in [0.2, 0.25) is 0 Å². The quantitative estimate of drug-likeness (QED) is 0.145. The van der Waals surface area contributed by atoms with E-state index in [0.29, 0.717) is 37.5 Å². The molecule has 0 unspecified atom stereocenters. The van der Waals surface area contributed by atoms with E-state index in [2.05, 4.69) is 31.8 Å². The lowest BCUT2D eigenvalue weighted by atomic mass is 10.2. The van der Waals surface area contributed by atoms with Gasteiger partial charge in [-0.25, -0.2) is 5.43 Å². The Balaban J connectivity index is 1.39. The molecule has 12 heteroatoms. The fourth-order valence-electron chi connectivity index (χ4n) is 3.40. The normalized spacial score (nSPS) is 10.9. The monoisotopic (exact) mass is 596 g/mol. The topological polar surface area (TPSA) is 132 Å². The first-order valence-corrected chi connectivity index (χ1v) is 12.7. The summed E-state index contributed by atoms with van der Waals surface area (Å²) >= 11 is 4.63. The number of rotatable bonds is 9. The second-order valence-corrected chi connectivity index (χ2v) is 9.96. The van der Waals surface area contributed by atoms with Gasteiger partial charge in [0.1, 0.15) is 0 Å². The van der Waals surface area contributed by atoms with E-state index in [1.807, 2.05) is 31.2 Å². The first-order chi connectivity index (χ1) is 18.2. The molecule has 0 spiro atoms. The van der Waals surface area contributed by atoms with Crippen LogP contribution in [0.15, 0.2) is 70.2 Å². The number of benzene rings is 3. The maximum Gasteiger partial charge on any atom is 0.281 e. The van der Waals surface area contributed by atoms with E-state index < -0.39 is 10.8 Å². The number of nitrogens with zero attached hydrogens (tertiary/aromatic N) is 2. The Bertz CT molecular complexity index is 1550. The van der Waals surface area contributed by atoms with Gasteiger partial charge >= 0.3 is 0 Å². The van der Waals surface area contributed by atoms with Crippen LogP contribution in [0.3, 0.4) is 0 Å². The summed E-state index contributed by atoms with van der Waals surface area (Å²) < 4.78 is 12.4. The van der Waals surface area contributed by atoms with E-state index in [1.165, 1.54) is 36.8 Å². The number of methoxy groups -OCH3 is 1. The molecule has 1 aromatic heterocycles. The number of ether oxygens (including phenoxy) is 2. The van der Waals surface area contributed by atoms with Gasteiger partial charge in [0, 0.05) is 27.9 Å². The lowest BCUT2D eigenvalue weighted by molar-refractivity contribution is -0.384. The van der Waals surface area contributed by atoms with Crippen molar-refractivity contribution in [3.8, 4) is 11.5 Å². The van der Waals surface area contributed by atoms with Crippen molar-refractivity contribution in [2.45, 2.75) is 6.92 Å². The van der Waals surface area contributed by atoms with Gasteiger partial charge in [0.2, 0.25) is 0 Å². The summed E-state index contributed by atoms with van der Waals surface area (Å²) in [6, 6.07) is 16.8. The van der Waals surface area contributed by atoms with Crippen LogP contribution >= 0.6 is 27.3 Å². The molecule has 0 fully saturated rings. The van der Waals surface area contributed by atoms with Crippen LogP contribution in [0.5, 0.6) is 11.5 Å². The zero-order chi connectivity index (χ0) is 27.2. The van der Waals surface area contributed by atoms with Crippen molar-refractivity contribution >= 4 is 66.8 Å². The average Bonchev–Trinajstić information content (AvgIpc) is 3.33. The molecule has 10 nitrogen and oxygen atoms in total. The van der Waals surface area contributed by atoms with Crippen molar-refractivity contribution in [2.75, 3.05) is 19.0 Å². The number of hydrazone groups is 1. The number of hydrogen-bond acceptors (Lipinski definition) is 8. The average molecular weight is 597 g/mol. The van der Waals surface area contributed by atoms with Crippen molar-refractivity contribution < 1.29 is 24.0 Å². The number of fused-ring (bicyclic) bond motifs is 1. The molecule has 4 rings (SSSR count).